The Labute approximate surface area is 223 Å². The molecule has 0 N–H and O–H groups in total. The van der Waals surface area contributed by atoms with Crippen LogP contribution in [0.2, 0.25) is 0 Å². The zero-order valence-electron chi connectivity index (χ0n) is 25.3. The van der Waals surface area contributed by atoms with Gasteiger partial charge in [0.1, 0.15) is 0 Å². The summed E-state index contributed by atoms with van der Waals surface area (Å²) in [5, 5.41) is 0. The van der Waals surface area contributed by atoms with Crippen molar-refractivity contribution in [1.82, 2.24) is 0 Å². The van der Waals surface area contributed by atoms with E-state index >= 15 is 0 Å². The van der Waals surface area contributed by atoms with Gasteiger partial charge in [-0.3, -0.25) is 0 Å². The van der Waals surface area contributed by atoms with Gasteiger partial charge in [0.15, 0.2) is 0 Å². The normalized spacial score (nSPS) is 11.7. The Morgan fingerprint density at radius 1 is 0.286 bits per heavy atom. The first-order valence-electron chi connectivity index (χ1n) is 16.5. The van der Waals surface area contributed by atoms with Crippen LogP contribution in [-0.4, -0.2) is 31.2 Å². The monoisotopic (exact) mass is 500 g/mol. The van der Waals surface area contributed by atoms with E-state index in [2.05, 4.69) is 27.8 Å². The molecule has 0 aliphatic heterocycles. The molecule has 0 bridgehead atoms. The molecule has 0 aromatic rings. The molecule has 0 rings (SSSR count). The highest BCUT2D eigenvalue weighted by molar-refractivity contribution is 4.52. The van der Waals surface area contributed by atoms with Gasteiger partial charge >= 0.3 is 0 Å². The van der Waals surface area contributed by atoms with Crippen molar-refractivity contribution in [2.45, 2.75) is 188 Å². The van der Waals surface area contributed by atoms with Gasteiger partial charge < -0.3 is 9.19 Å². The first-order chi connectivity index (χ1) is 16.7. The van der Waals surface area contributed by atoms with Crippen LogP contribution in [0.5, 0.6) is 0 Å². The summed E-state index contributed by atoms with van der Waals surface area (Å²) in [4.78, 5) is 0. The van der Waals surface area contributed by atoms with E-state index in [1.54, 1.807) is 0 Å². The van der Waals surface area contributed by atoms with Crippen molar-refractivity contribution >= 4 is 0 Å². The molecule has 0 aliphatic carbocycles. The van der Waals surface area contributed by atoms with Gasteiger partial charge in [-0.25, -0.2) is 0 Å². The Bertz CT molecular complexity index is 346. The average Bonchev–Trinajstić information content (AvgIpc) is 2.84. The Balaban J connectivity index is 0. The third-order valence-corrected chi connectivity index (χ3v) is 8.15. The summed E-state index contributed by atoms with van der Waals surface area (Å²) in [6.45, 7) is 11.3. The standard InChI is InChI=1S/C33H70N.FH/c1-5-8-11-14-17-19-21-23-26-29-32-34(4,31-28-25-16-13-10-7-3)33-30-27-24-22-20-18-15-12-9-6-2;/h5-33H2,1-4H3;1H/q+1;/p-1. The van der Waals surface area contributed by atoms with Crippen molar-refractivity contribution in [2.24, 2.45) is 0 Å². The summed E-state index contributed by atoms with van der Waals surface area (Å²) < 4.78 is 1.36. The van der Waals surface area contributed by atoms with Gasteiger partial charge in [-0.15, -0.1) is 0 Å². The third-order valence-electron chi connectivity index (χ3n) is 8.15. The van der Waals surface area contributed by atoms with E-state index in [-0.39, 0.29) is 4.70 Å². The molecular weight excluding hydrogens is 429 g/mol. The molecular formula is C33H70FN. The zero-order valence-corrected chi connectivity index (χ0v) is 25.3. The maximum atomic E-state index is 2.59. The highest BCUT2D eigenvalue weighted by Crippen LogP contribution is 2.17. The predicted octanol–water partition coefficient (Wildman–Crippen LogP) is 8.64. The van der Waals surface area contributed by atoms with Crippen LogP contribution in [0.4, 0.5) is 0 Å². The molecule has 0 aliphatic rings. The minimum atomic E-state index is 0. The number of quaternary nitrogens is 1. The molecule has 0 aromatic carbocycles. The Hall–Kier alpha value is -0.110. The summed E-state index contributed by atoms with van der Waals surface area (Å²) in [5.41, 5.74) is 0. The third kappa shape index (κ3) is 28.3. The maximum absolute atomic E-state index is 2.59. The van der Waals surface area contributed by atoms with Gasteiger partial charge in [0, 0.05) is 0 Å². The Morgan fingerprint density at radius 3 is 0.657 bits per heavy atom. The fourth-order valence-electron chi connectivity index (χ4n) is 5.57. The lowest BCUT2D eigenvalue weighted by Crippen LogP contribution is -3.00. The Kier molecular flexibility index (Phi) is 31.9. The quantitative estimate of drug-likeness (QED) is 0.0713. The predicted molar refractivity (Wildman–Crippen MR) is 158 cm³/mol. The number of hydrogen-bond acceptors (Lipinski definition) is 0. The van der Waals surface area contributed by atoms with Crippen LogP contribution >= 0.6 is 0 Å². The minimum absolute atomic E-state index is 0. The van der Waals surface area contributed by atoms with Crippen molar-refractivity contribution in [3.63, 3.8) is 0 Å². The maximum Gasteiger partial charge on any atom is 0.0784 e. The zero-order chi connectivity index (χ0) is 25.0. The van der Waals surface area contributed by atoms with Crippen molar-refractivity contribution in [1.29, 1.82) is 0 Å². The molecule has 1 nitrogen and oxygen atoms in total. The van der Waals surface area contributed by atoms with E-state index in [4.69, 9.17) is 0 Å². The van der Waals surface area contributed by atoms with E-state index in [0.717, 1.165) is 0 Å². The fourth-order valence-corrected chi connectivity index (χ4v) is 5.57. The highest BCUT2D eigenvalue weighted by Gasteiger charge is 2.20. The largest absolute Gasteiger partial charge is 1.00 e. The SMILES string of the molecule is CCCCCCCCCCCC[N+](C)(CCCCCCCC)CCCCCCCCCCCC.[F-]. The van der Waals surface area contributed by atoms with Gasteiger partial charge in [0.05, 0.1) is 26.7 Å². The van der Waals surface area contributed by atoms with Crippen LogP contribution in [0.3, 0.4) is 0 Å². The van der Waals surface area contributed by atoms with Crippen molar-refractivity contribution in [3.8, 4) is 0 Å². The van der Waals surface area contributed by atoms with Crippen LogP contribution in [0.25, 0.3) is 0 Å². The minimum Gasteiger partial charge on any atom is -1.00 e. The number of halogens is 1. The summed E-state index contributed by atoms with van der Waals surface area (Å²) in [5.74, 6) is 0. The van der Waals surface area contributed by atoms with Gasteiger partial charge in [0.2, 0.25) is 0 Å². The van der Waals surface area contributed by atoms with E-state index in [1.807, 2.05) is 0 Å². The molecule has 35 heavy (non-hydrogen) atoms. The molecule has 0 spiro atoms. The lowest BCUT2D eigenvalue weighted by Gasteiger charge is -2.35. The molecule has 2 heteroatoms. The van der Waals surface area contributed by atoms with E-state index in [0.29, 0.717) is 0 Å². The second kappa shape index (κ2) is 30.1. The summed E-state index contributed by atoms with van der Waals surface area (Å²) in [7, 11) is 2.59. The molecule has 0 fully saturated rings. The van der Waals surface area contributed by atoms with Crippen LogP contribution < -0.4 is 4.70 Å². The van der Waals surface area contributed by atoms with Gasteiger partial charge in [0.25, 0.3) is 0 Å². The smallest absolute Gasteiger partial charge is 0.0784 e. The van der Waals surface area contributed by atoms with Crippen molar-refractivity contribution < 1.29 is 9.19 Å². The second-order valence-electron chi connectivity index (χ2n) is 11.9. The average molecular weight is 500 g/mol. The van der Waals surface area contributed by atoms with E-state index < -0.39 is 0 Å². The van der Waals surface area contributed by atoms with Gasteiger partial charge in [-0.1, -0.05) is 149 Å². The molecule has 0 amide bonds. The topological polar surface area (TPSA) is 0 Å². The van der Waals surface area contributed by atoms with E-state index in [9.17, 15) is 0 Å². The number of hydrogen-bond donors (Lipinski definition) is 0. The summed E-state index contributed by atoms with van der Waals surface area (Å²) in [6, 6.07) is 0. The lowest BCUT2D eigenvalue weighted by atomic mass is 10.0. The molecule has 0 heterocycles. The first kappa shape index (κ1) is 37.0. The van der Waals surface area contributed by atoms with E-state index in [1.165, 1.54) is 191 Å². The van der Waals surface area contributed by atoms with Crippen molar-refractivity contribution in [2.75, 3.05) is 26.7 Å². The van der Waals surface area contributed by atoms with Crippen LogP contribution in [0, 0.1) is 0 Å². The molecule has 214 valence electrons. The van der Waals surface area contributed by atoms with Crippen molar-refractivity contribution in [3.05, 3.63) is 0 Å². The molecule has 0 saturated heterocycles. The van der Waals surface area contributed by atoms with Crippen LogP contribution in [-0.2, 0) is 0 Å². The highest BCUT2D eigenvalue weighted by atomic mass is 19.0. The summed E-state index contributed by atoms with van der Waals surface area (Å²) >= 11 is 0. The second-order valence-corrected chi connectivity index (χ2v) is 11.9. The molecule has 0 radical (unpaired) electrons. The molecule has 0 aromatic heterocycles. The molecule has 0 atom stereocenters. The lowest BCUT2D eigenvalue weighted by molar-refractivity contribution is -0.910. The molecule has 0 unspecified atom stereocenters. The molecule has 0 saturated carbocycles. The summed E-state index contributed by atoms with van der Waals surface area (Å²) in [6.07, 6.45) is 37.8. The van der Waals surface area contributed by atoms with Gasteiger partial charge in [-0.05, 0) is 38.5 Å². The number of nitrogens with zero attached hydrogens (tertiary/aromatic N) is 1. The van der Waals surface area contributed by atoms with Crippen LogP contribution in [0.1, 0.15) is 188 Å². The number of rotatable bonds is 29. The number of unbranched alkanes of at least 4 members (excludes halogenated alkanes) is 23. The first-order valence-corrected chi connectivity index (χ1v) is 16.5. The van der Waals surface area contributed by atoms with Gasteiger partial charge in [-0.2, -0.15) is 0 Å². The Morgan fingerprint density at radius 2 is 0.457 bits per heavy atom. The van der Waals surface area contributed by atoms with Crippen LogP contribution in [0.15, 0.2) is 0 Å². The fraction of sp³-hybridized carbons (Fsp3) is 1.00.